The van der Waals surface area contributed by atoms with Crippen molar-refractivity contribution in [2.45, 2.75) is 25.2 Å². The zero-order chi connectivity index (χ0) is 15.7. The fourth-order valence-corrected chi connectivity index (χ4v) is 2.24. The summed E-state index contributed by atoms with van der Waals surface area (Å²) in [6, 6.07) is 5.15. The van der Waals surface area contributed by atoms with Crippen LogP contribution in [0.3, 0.4) is 0 Å². The monoisotopic (exact) mass is 303 g/mol. The number of carbonyl (C=O) groups excluding carboxylic acids is 1. The molecule has 1 N–H and O–H groups in total. The van der Waals surface area contributed by atoms with Gasteiger partial charge in [0.25, 0.3) is 0 Å². The Kier molecular flexibility index (Phi) is 4.25. The summed E-state index contributed by atoms with van der Waals surface area (Å²) in [6.07, 6.45) is -4.47. The Bertz CT molecular complexity index is 532. The maximum atomic E-state index is 12.9. The van der Waals surface area contributed by atoms with Gasteiger partial charge in [-0.15, -0.1) is 0 Å². The summed E-state index contributed by atoms with van der Waals surface area (Å²) in [7, 11) is 0. The summed E-state index contributed by atoms with van der Waals surface area (Å²) in [6.45, 7) is 0.951. The first-order chi connectivity index (χ1) is 9.75. The molecule has 2 rings (SSSR count). The average molecular weight is 303 g/mol. The van der Waals surface area contributed by atoms with Crippen LogP contribution < -0.4 is 0 Å². The Labute approximate surface area is 120 Å². The standard InChI is InChI=1S/C14H16F3NO3/c1-13(9-19)8-18(12(20)7-21-13)6-10-4-2-3-5-11(10)14(15,16)17/h2-5,19H,6-9H2,1H3. The SMILES string of the molecule is CC1(CO)CN(Cc2ccccc2C(F)(F)F)C(=O)CO1. The number of morpholine rings is 1. The number of benzene rings is 1. The van der Waals surface area contributed by atoms with Crippen LogP contribution in [0.4, 0.5) is 13.2 Å². The van der Waals surface area contributed by atoms with Gasteiger partial charge < -0.3 is 14.7 Å². The quantitative estimate of drug-likeness (QED) is 0.926. The predicted octanol–water partition coefficient (Wildman–Crippen LogP) is 1.82. The van der Waals surface area contributed by atoms with E-state index in [0.29, 0.717) is 0 Å². The van der Waals surface area contributed by atoms with Crippen molar-refractivity contribution in [2.75, 3.05) is 19.8 Å². The molecule has 1 fully saturated rings. The highest BCUT2D eigenvalue weighted by Crippen LogP contribution is 2.33. The molecule has 1 aromatic carbocycles. The predicted molar refractivity (Wildman–Crippen MR) is 68.3 cm³/mol. The van der Waals surface area contributed by atoms with E-state index in [1.54, 1.807) is 6.92 Å². The molecule has 4 nitrogen and oxygen atoms in total. The van der Waals surface area contributed by atoms with Crippen LogP contribution in [-0.4, -0.2) is 41.3 Å². The van der Waals surface area contributed by atoms with Crippen LogP contribution in [0.1, 0.15) is 18.1 Å². The van der Waals surface area contributed by atoms with E-state index in [0.717, 1.165) is 6.07 Å². The van der Waals surface area contributed by atoms with Gasteiger partial charge in [-0.3, -0.25) is 4.79 Å². The van der Waals surface area contributed by atoms with Crippen molar-refractivity contribution in [3.8, 4) is 0 Å². The number of halogens is 3. The van der Waals surface area contributed by atoms with Crippen molar-refractivity contribution < 1.29 is 27.8 Å². The number of carbonyl (C=O) groups is 1. The van der Waals surface area contributed by atoms with E-state index < -0.39 is 23.2 Å². The highest BCUT2D eigenvalue weighted by atomic mass is 19.4. The van der Waals surface area contributed by atoms with Gasteiger partial charge in [0, 0.05) is 6.54 Å². The molecule has 0 saturated carbocycles. The van der Waals surface area contributed by atoms with Crippen molar-refractivity contribution in [1.29, 1.82) is 0 Å². The Balaban J connectivity index is 2.23. The third-order valence-electron chi connectivity index (χ3n) is 3.44. The van der Waals surface area contributed by atoms with Gasteiger partial charge in [-0.05, 0) is 18.6 Å². The first-order valence-electron chi connectivity index (χ1n) is 6.43. The lowest BCUT2D eigenvalue weighted by atomic mass is 10.0. The molecule has 7 heteroatoms. The summed E-state index contributed by atoms with van der Waals surface area (Å²) >= 11 is 0. The number of hydrogen-bond donors (Lipinski definition) is 1. The van der Waals surface area contributed by atoms with Crippen molar-refractivity contribution in [2.24, 2.45) is 0 Å². The molecule has 0 radical (unpaired) electrons. The number of hydrogen-bond acceptors (Lipinski definition) is 3. The van der Waals surface area contributed by atoms with E-state index in [9.17, 15) is 23.1 Å². The molecular weight excluding hydrogens is 287 g/mol. The summed E-state index contributed by atoms with van der Waals surface area (Å²) in [5.74, 6) is -0.391. The minimum Gasteiger partial charge on any atom is -0.393 e. The molecule has 0 spiro atoms. The zero-order valence-electron chi connectivity index (χ0n) is 11.5. The highest BCUT2D eigenvalue weighted by Gasteiger charge is 2.37. The number of amides is 1. The molecule has 1 aromatic rings. The topological polar surface area (TPSA) is 49.8 Å². The molecule has 1 aliphatic heterocycles. The van der Waals surface area contributed by atoms with Crippen LogP contribution in [0.2, 0.25) is 0 Å². The largest absolute Gasteiger partial charge is 0.416 e. The second-order valence-corrected chi connectivity index (χ2v) is 5.30. The lowest BCUT2D eigenvalue weighted by Gasteiger charge is -2.39. The Morgan fingerprint density at radius 2 is 2.05 bits per heavy atom. The first-order valence-corrected chi connectivity index (χ1v) is 6.43. The molecule has 1 aliphatic rings. The summed E-state index contributed by atoms with van der Waals surface area (Å²) < 4.78 is 44.1. The van der Waals surface area contributed by atoms with Gasteiger partial charge in [0.2, 0.25) is 5.91 Å². The molecule has 0 bridgehead atoms. The van der Waals surface area contributed by atoms with E-state index in [4.69, 9.17) is 4.74 Å². The van der Waals surface area contributed by atoms with Crippen molar-refractivity contribution in [3.63, 3.8) is 0 Å². The van der Waals surface area contributed by atoms with Gasteiger partial charge in [-0.1, -0.05) is 18.2 Å². The lowest BCUT2D eigenvalue weighted by Crippen LogP contribution is -2.54. The zero-order valence-corrected chi connectivity index (χ0v) is 11.5. The van der Waals surface area contributed by atoms with Crippen LogP contribution >= 0.6 is 0 Å². The van der Waals surface area contributed by atoms with E-state index in [2.05, 4.69) is 0 Å². The van der Waals surface area contributed by atoms with Crippen molar-refractivity contribution >= 4 is 5.91 Å². The first kappa shape index (κ1) is 15.8. The summed E-state index contributed by atoms with van der Waals surface area (Å²) in [5, 5.41) is 9.26. The minimum absolute atomic E-state index is 0.0283. The van der Waals surface area contributed by atoms with Gasteiger partial charge in [0.1, 0.15) is 12.2 Å². The molecule has 21 heavy (non-hydrogen) atoms. The van der Waals surface area contributed by atoms with Crippen LogP contribution in [0.15, 0.2) is 24.3 Å². The molecule has 1 amide bonds. The van der Waals surface area contributed by atoms with Gasteiger partial charge in [0.05, 0.1) is 18.7 Å². The second-order valence-electron chi connectivity index (χ2n) is 5.30. The second kappa shape index (κ2) is 5.65. The van der Waals surface area contributed by atoms with Gasteiger partial charge in [-0.25, -0.2) is 0 Å². The Morgan fingerprint density at radius 3 is 2.67 bits per heavy atom. The van der Waals surface area contributed by atoms with Crippen LogP contribution in [0.5, 0.6) is 0 Å². The van der Waals surface area contributed by atoms with Gasteiger partial charge >= 0.3 is 6.18 Å². The molecular formula is C14H16F3NO3. The third-order valence-corrected chi connectivity index (χ3v) is 3.44. The smallest absolute Gasteiger partial charge is 0.393 e. The van der Waals surface area contributed by atoms with Gasteiger partial charge in [-0.2, -0.15) is 13.2 Å². The van der Waals surface area contributed by atoms with Crippen LogP contribution in [0, 0.1) is 0 Å². The van der Waals surface area contributed by atoms with Crippen LogP contribution in [0.25, 0.3) is 0 Å². The molecule has 1 saturated heterocycles. The summed E-state index contributed by atoms with van der Waals surface area (Å²) in [4.78, 5) is 13.1. The average Bonchev–Trinajstić information content (AvgIpc) is 2.43. The number of alkyl halides is 3. The summed E-state index contributed by atoms with van der Waals surface area (Å²) in [5.41, 5.74) is -1.67. The maximum Gasteiger partial charge on any atom is 0.416 e. The van der Waals surface area contributed by atoms with Crippen molar-refractivity contribution in [1.82, 2.24) is 4.90 Å². The van der Waals surface area contributed by atoms with E-state index in [-0.39, 0.29) is 31.9 Å². The number of aliphatic hydroxyl groups is 1. The Morgan fingerprint density at radius 1 is 1.38 bits per heavy atom. The molecule has 1 atom stereocenters. The van der Waals surface area contributed by atoms with E-state index in [1.165, 1.54) is 23.1 Å². The molecule has 0 aromatic heterocycles. The van der Waals surface area contributed by atoms with Crippen molar-refractivity contribution in [3.05, 3.63) is 35.4 Å². The van der Waals surface area contributed by atoms with E-state index >= 15 is 0 Å². The number of aliphatic hydroxyl groups excluding tert-OH is 1. The van der Waals surface area contributed by atoms with Gasteiger partial charge in [0.15, 0.2) is 0 Å². The number of ether oxygens (including phenoxy) is 1. The number of rotatable bonds is 3. The van der Waals surface area contributed by atoms with E-state index in [1.807, 2.05) is 0 Å². The minimum atomic E-state index is -4.47. The number of nitrogens with zero attached hydrogens (tertiary/aromatic N) is 1. The molecule has 0 aliphatic carbocycles. The fourth-order valence-electron chi connectivity index (χ4n) is 2.24. The highest BCUT2D eigenvalue weighted by molar-refractivity contribution is 5.78. The maximum absolute atomic E-state index is 12.9. The molecule has 116 valence electrons. The fraction of sp³-hybridized carbons (Fsp3) is 0.500. The molecule has 1 unspecified atom stereocenters. The molecule has 1 heterocycles. The normalized spacial score (nSPS) is 23.5. The van der Waals surface area contributed by atoms with Crippen LogP contribution in [-0.2, 0) is 22.3 Å². The third kappa shape index (κ3) is 3.54. The Hall–Kier alpha value is -1.60. The lowest BCUT2D eigenvalue weighted by molar-refractivity contribution is -0.168.